The summed E-state index contributed by atoms with van der Waals surface area (Å²) in [6.45, 7) is 1.75. The fourth-order valence-electron chi connectivity index (χ4n) is 1.99. The molecule has 25 heavy (non-hydrogen) atoms. The second-order valence-electron chi connectivity index (χ2n) is 5.30. The molecular formula is C15H15F6NO3. The largest absolute Gasteiger partial charge is 0.480 e. The maximum atomic E-state index is 12.8. The summed E-state index contributed by atoms with van der Waals surface area (Å²) >= 11 is 0. The minimum atomic E-state index is -5.09. The highest BCUT2D eigenvalue weighted by atomic mass is 19.4. The van der Waals surface area contributed by atoms with E-state index in [1.165, 1.54) is 0 Å². The summed E-state index contributed by atoms with van der Waals surface area (Å²) in [5, 5.41) is 10.9. The number of benzene rings is 1. The van der Waals surface area contributed by atoms with Crippen LogP contribution in [0.25, 0.3) is 0 Å². The molecule has 0 bridgehead atoms. The van der Waals surface area contributed by atoms with Crippen LogP contribution in [0.3, 0.4) is 0 Å². The lowest BCUT2D eigenvalue weighted by Gasteiger charge is -2.17. The van der Waals surface area contributed by atoms with Crippen LogP contribution in [0, 0.1) is 0 Å². The van der Waals surface area contributed by atoms with Crippen molar-refractivity contribution < 1.29 is 41.0 Å². The van der Waals surface area contributed by atoms with Gasteiger partial charge in [0.15, 0.2) is 0 Å². The molecule has 2 N–H and O–H groups in total. The molecule has 1 rings (SSSR count). The summed E-state index contributed by atoms with van der Waals surface area (Å²) < 4.78 is 76.6. The average molecular weight is 371 g/mol. The number of carboxylic acids is 1. The van der Waals surface area contributed by atoms with Gasteiger partial charge < -0.3 is 10.4 Å². The molecule has 0 saturated carbocycles. The van der Waals surface area contributed by atoms with Crippen LogP contribution < -0.4 is 5.32 Å². The standard InChI is InChI=1S/C15H15F6NO3/c1-2-3-4-11(13(24)25)22-12(23)8-5-9(14(16,17)18)7-10(6-8)15(19,20)21/h5-7,11H,2-4H2,1H3,(H,22,23)(H,24,25)/t11-/m0/s1. The van der Waals surface area contributed by atoms with Crippen LogP contribution in [0.1, 0.15) is 47.7 Å². The Morgan fingerprint density at radius 3 is 1.88 bits per heavy atom. The van der Waals surface area contributed by atoms with Crippen molar-refractivity contribution in [2.45, 2.75) is 44.6 Å². The minimum absolute atomic E-state index is 0.00264. The molecule has 0 aromatic heterocycles. The molecule has 4 nitrogen and oxygen atoms in total. The lowest BCUT2D eigenvalue weighted by atomic mass is 10.0. The van der Waals surface area contributed by atoms with Crippen LogP contribution in [-0.2, 0) is 17.1 Å². The number of aliphatic carboxylic acids is 1. The van der Waals surface area contributed by atoms with Crippen molar-refractivity contribution in [1.29, 1.82) is 0 Å². The predicted octanol–water partition coefficient (Wildman–Crippen LogP) is 4.10. The van der Waals surface area contributed by atoms with Gasteiger partial charge in [-0.25, -0.2) is 4.79 Å². The molecule has 0 unspecified atom stereocenters. The lowest BCUT2D eigenvalue weighted by molar-refractivity contribution is -0.143. The van der Waals surface area contributed by atoms with Crippen molar-refractivity contribution in [1.82, 2.24) is 5.32 Å². The number of alkyl halides is 6. The van der Waals surface area contributed by atoms with E-state index in [0.717, 1.165) is 0 Å². The van der Waals surface area contributed by atoms with Crippen LogP contribution in [0.5, 0.6) is 0 Å². The molecular weight excluding hydrogens is 356 g/mol. The molecule has 0 saturated heterocycles. The first-order chi connectivity index (χ1) is 11.4. The first-order valence-electron chi connectivity index (χ1n) is 7.19. The SMILES string of the molecule is CCCC[C@H](NC(=O)c1cc(C(F)(F)F)cc(C(F)(F)F)c1)C(=O)O. The summed E-state index contributed by atoms with van der Waals surface area (Å²) in [5.41, 5.74) is -4.20. The molecule has 0 aliphatic heterocycles. The lowest BCUT2D eigenvalue weighted by Crippen LogP contribution is -2.40. The molecule has 0 aliphatic rings. The molecule has 10 heteroatoms. The van der Waals surface area contributed by atoms with Crippen molar-refractivity contribution in [2.24, 2.45) is 0 Å². The Labute approximate surface area is 138 Å². The number of amides is 1. The van der Waals surface area contributed by atoms with E-state index in [-0.39, 0.29) is 24.6 Å². The average Bonchev–Trinajstić information content (AvgIpc) is 2.48. The van der Waals surface area contributed by atoms with Gasteiger partial charge in [0, 0.05) is 5.56 Å². The third-order valence-corrected chi connectivity index (χ3v) is 3.30. The van der Waals surface area contributed by atoms with Gasteiger partial charge in [-0.05, 0) is 24.6 Å². The van der Waals surface area contributed by atoms with Gasteiger partial charge in [-0.3, -0.25) is 4.79 Å². The van der Waals surface area contributed by atoms with Gasteiger partial charge in [0.2, 0.25) is 0 Å². The highest BCUT2D eigenvalue weighted by Crippen LogP contribution is 2.36. The number of halogens is 6. The molecule has 1 aromatic rings. The molecule has 1 aromatic carbocycles. The quantitative estimate of drug-likeness (QED) is 0.740. The van der Waals surface area contributed by atoms with Crippen LogP contribution in [0.2, 0.25) is 0 Å². The number of carbonyl (C=O) groups is 2. The zero-order valence-corrected chi connectivity index (χ0v) is 13.0. The van der Waals surface area contributed by atoms with Crippen molar-refractivity contribution in [3.8, 4) is 0 Å². The fraction of sp³-hybridized carbons (Fsp3) is 0.467. The summed E-state index contributed by atoms with van der Waals surface area (Å²) in [4.78, 5) is 23.0. The monoisotopic (exact) mass is 371 g/mol. The third-order valence-electron chi connectivity index (χ3n) is 3.30. The van der Waals surface area contributed by atoms with Gasteiger partial charge >= 0.3 is 18.3 Å². The smallest absolute Gasteiger partial charge is 0.416 e. The van der Waals surface area contributed by atoms with Gasteiger partial charge in [-0.15, -0.1) is 0 Å². The maximum Gasteiger partial charge on any atom is 0.416 e. The maximum absolute atomic E-state index is 12.8. The fourth-order valence-corrected chi connectivity index (χ4v) is 1.99. The number of carboxylic acid groups (broad SMARTS) is 1. The van der Waals surface area contributed by atoms with Crippen molar-refractivity contribution in [2.75, 3.05) is 0 Å². The highest BCUT2D eigenvalue weighted by Gasteiger charge is 2.37. The predicted molar refractivity (Wildman–Crippen MR) is 74.9 cm³/mol. The molecule has 1 atom stereocenters. The zero-order chi connectivity index (χ0) is 19.4. The first-order valence-corrected chi connectivity index (χ1v) is 7.19. The number of unbranched alkanes of at least 4 members (excludes halogenated alkanes) is 1. The van der Waals surface area contributed by atoms with E-state index >= 15 is 0 Å². The number of nitrogens with one attached hydrogen (secondary N) is 1. The van der Waals surface area contributed by atoms with E-state index in [1.54, 1.807) is 6.92 Å². The van der Waals surface area contributed by atoms with Gasteiger partial charge in [0.25, 0.3) is 5.91 Å². The molecule has 140 valence electrons. The van der Waals surface area contributed by atoms with Gasteiger partial charge in [0.05, 0.1) is 11.1 Å². The van der Waals surface area contributed by atoms with E-state index in [1.807, 2.05) is 5.32 Å². The van der Waals surface area contributed by atoms with Gasteiger partial charge in [-0.1, -0.05) is 19.8 Å². The molecule has 0 aliphatic carbocycles. The molecule has 0 fully saturated rings. The number of hydrogen-bond acceptors (Lipinski definition) is 2. The third kappa shape index (κ3) is 5.95. The molecule has 0 spiro atoms. The Kier molecular flexibility index (Phi) is 6.44. The van der Waals surface area contributed by atoms with Crippen LogP contribution in [0.4, 0.5) is 26.3 Å². The van der Waals surface area contributed by atoms with Crippen molar-refractivity contribution >= 4 is 11.9 Å². The van der Waals surface area contributed by atoms with Crippen LogP contribution >= 0.6 is 0 Å². The Morgan fingerprint density at radius 2 is 1.52 bits per heavy atom. The summed E-state index contributed by atoms with van der Waals surface area (Å²) in [6, 6.07) is -1.01. The van der Waals surface area contributed by atoms with Crippen molar-refractivity contribution in [3.05, 3.63) is 34.9 Å². The summed E-state index contributed by atoms with van der Waals surface area (Å²) in [6.07, 6.45) is -9.17. The highest BCUT2D eigenvalue weighted by molar-refractivity contribution is 5.97. The Balaban J connectivity index is 3.21. The first kappa shape index (κ1) is 20.8. The Morgan fingerprint density at radius 1 is 1.04 bits per heavy atom. The second kappa shape index (κ2) is 7.75. The summed E-state index contributed by atoms with van der Waals surface area (Å²) in [7, 11) is 0. The minimum Gasteiger partial charge on any atom is -0.480 e. The number of carbonyl (C=O) groups excluding carboxylic acids is 1. The van der Waals surface area contributed by atoms with E-state index in [0.29, 0.717) is 12.8 Å². The van der Waals surface area contributed by atoms with E-state index < -0.39 is 47.0 Å². The van der Waals surface area contributed by atoms with Gasteiger partial charge in [-0.2, -0.15) is 26.3 Å². The number of rotatable bonds is 6. The van der Waals surface area contributed by atoms with Crippen LogP contribution in [0.15, 0.2) is 18.2 Å². The normalized spacial score (nSPS) is 13.4. The van der Waals surface area contributed by atoms with Crippen molar-refractivity contribution in [3.63, 3.8) is 0 Å². The zero-order valence-electron chi connectivity index (χ0n) is 13.0. The molecule has 0 radical (unpaired) electrons. The Bertz CT molecular complexity index is 607. The number of hydrogen-bond donors (Lipinski definition) is 2. The van der Waals surface area contributed by atoms with E-state index in [9.17, 15) is 35.9 Å². The topological polar surface area (TPSA) is 66.4 Å². The van der Waals surface area contributed by atoms with Gasteiger partial charge in [0.1, 0.15) is 6.04 Å². The van der Waals surface area contributed by atoms with E-state index in [4.69, 9.17) is 5.11 Å². The van der Waals surface area contributed by atoms with Crippen LogP contribution in [-0.4, -0.2) is 23.0 Å². The summed E-state index contributed by atoms with van der Waals surface area (Å²) in [5.74, 6) is -2.75. The molecule has 0 heterocycles. The molecule has 1 amide bonds. The second-order valence-corrected chi connectivity index (χ2v) is 5.30. The van der Waals surface area contributed by atoms with E-state index in [2.05, 4.69) is 0 Å². The Hall–Kier alpha value is -2.26.